The van der Waals surface area contributed by atoms with Crippen molar-refractivity contribution >= 4 is 23.5 Å². The summed E-state index contributed by atoms with van der Waals surface area (Å²) < 4.78 is 20.0. The standard InChI is InChI=1S/C22H21ClFNO4/c23-16-8-6-14(7-9-16)20-21(15-2-1-3-17(24)10-15)29-18(11-19(26)27)22(28)25(20)12-13-4-5-13/h1-3,6-10,13,18,20-21H,4-5,11-12H2,(H,26,27)/t18-,20-,21-/m1/s1. The van der Waals surface area contributed by atoms with E-state index in [4.69, 9.17) is 16.3 Å². The Morgan fingerprint density at radius 3 is 2.52 bits per heavy atom. The summed E-state index contributed by atoms with van der Waals surface area (Å²) in [4.78, 5) is 26.2. The van der Waals surface area contributed by atoms with E-state index >= 15 is 0 Å². The van der Waals surface area contributed by atoms with Crippen molar-refractivity contribution in [3.05, 3.63) is 70.5 Å². The van der Waals surface area contributed by atoms with Gasteiger partial charge in [-0.15, -0.1) is 0 Å². The Morgan fingerprint density at radius 2 is 1.90 bits per heavy atom. The summed E-state index contributed by atoms with van der Waals surface area (Å²) in [6, 6.07) is 12.7. The molecule has 7 heteroatoms. The Balaban J connectivity index is 1.78. The van der Waals surface area contributed by atoms with Crippen molar-refractivity contribution in [2.45, 2.75) is 37.5 Å². The van der Waals surface area contributed by atoms with Crippen molar-refractivity contribution < 1.29 is 23.8 Å². The maximum atomic E-state index is 14.0. The number of carbonyl (C=O) groups excluding carboxylic acids is 1. The van der Waals surface area contributed by atoms with Crippen LogP contribution in [0.25, 0.3) is 0 Å². The van der Waals surface area contributed by atoms with Crippen LogP contribution in [0.5, 0.6) is 0 Å². The smallest absolute Gasteiger partial charge is 0.306 e. The number of carbonyl (C=O) groups is 2. The number of rotatable bonds is 6. The molecule has 0 aromatic heterocycles. The number of hydrogen-bond acceptors (Lipinski definition) is 3. The molecule has 4 rings (SSSR count). The van der Waals surface area contributed by atoms with E-state index in [1.54, 1.807) is 29.2 Å². The Morgan fingerprint density at radius 1 is 1.17 bits per heavy atom. The molecule has 1 N–H and O–H groups in total. The second-order valence-corrected chi connectivity index (χ2v) is 8.06. The van der Waals surface area contributed by atoms with Gasteiger partial charge in [-0.25, -0.2) is 4.39 Å². The molecule has 3 atom stereocenters. The van der Waals surface area contributed by atoms with Crippen LogP contribution < -0.4 is 0 Å². The number of amides is 1. The molecule has 0 unspecified atom stereocenters. The summed E-state index contributed by atoms with van der Waals surface area (Å²) in [5.41, 5.74) is 1.38. The van der Waals surface area contributed by atoms with E-state index in [2.05, 4.69) is 0 Å². The largest absolute Gasteiger partial charge is 0.481 e. The quantitative estimate of drug-likeness (QED) is 0.757. The van der Waals surface area contributed by atoms with Crippen molar-refractivity contribution in [1.82, 2.24) is 4.90 Å². The molecule has 2 aliphatic rings. The summed E-state index contributed by atoms with van der Waals surface area (Å²) in [5.74, 6) is -1.48. The predicted octanol–water partition coefficient (Wildman–Crippen LogP) is 4.37. The molecular weight excluding hydrogens is 397 g/mol. The summed E-state index contributed by atoms with van der Waals surface area (Å²) in [6.07, 6.45) is -0.159. The number of carboxylic acids is 1. The van der Waals surface area contributed by atoms with Gasteiger partial charge in [0.05, 0.1) is 12.5 Å². The van der Waals surface area contributed by atoms with Crippen LogP contribution in [0.3, 0.4) is 0 Å². The van der Waals surface area contributed by atoms with Gasteiger partial charge in [0, 0.05) is 11.6 Å². The maximum absolute atomic E-state index is 14.0. The van der Waals surface area contributed by atoms with Crippen LogP contribution in [0.2, 0.25) is 5.02 Å². The Bertz CT molecular complexity index is 915. The van der Waals surface area contributed by atoms with Gasteiger partial charge >= 0.3 is 5.97 Å². The third-order valence-corrected chi connectivity index (χ3v) is 5.64. The average Bonchev–Trinajstić information content (AvgIpc) is 3.49. The number of nitrogens with zero attached hydrogens (tertiary/aromatic N) is 1. The number of hydrogen-bond donors (Lipinski definition) is 1. The lowest BCUT2D eigenvalue weighted by Gasteiger charge is -2.44. The van der Waals surface area contributed by atoms with Gasteiger partial charge in [-0.1, -0.05) is 35.9 Å². The molecule has 1 saturated carbocycles. The van der Waals surface area contributed by atoms with Gasteiger partial charge in [0.1, 0.15) is 18.0 Å². The molecule has 1 saturated heterocycles. The second kappa shape index (κ2) is 8.13. The fourth-order valence-electron chi connectivity index (χ4n) is 3.83. The minimum Gasteiger partial charge on any atom is -0.481 e. The lowest BCUT2D eigenvalue weighted by molar-refractivity contribution is -0.179. The topological polar surface area (TPSA) is 66.8 Å². The molecule has 2 fully saturated rings. The summed E-state index contributed by atoms with van der Waals surface area (Å²) >= 11 is 6.04. The van der Waals surface area contributed by atoms with Gasteiger partial charge in [0.15, 0.2) is 0 Å². The van der Waals surface area contributed by atoms with E-state index in [-0.39, 0.29) is 5.91 Å². The second-order valence-electron chi connectivity index (χ2n) is 7.63. The molecule has 5 nitrogen and oxygen atoms in total. The zero-order valence-electron chi connectivity index (χ0n) is 15.6. The van der Waals surface area contributed by atoms with Crippen LogP contribution in [0, 0.1) is 11.7 Å². The number of halogens is 2. The highest BCUT2D eigenvalue weighted by Crippen LogP contribution is 2.45. The van der Waals surface area contributed by atoms with Crippen LogP contribution in [-0.4, -0.2) is 34.5 Å². The number of aliphatic carboxylic acids is 1. The lowest BCUT2D eigenvalue weighted by atomic mass is 9.91. The van der Waals surface area contributed by atoms with E-state index in [9.17, 15) is 19.1 Å². The maximum Gasteiger partial charge on any atom is 0.306 e. The molecule has 29 heavy (non-hydrogen) atoms. The van der Waals surface area contributed by atoms with Crippen LogP contribution >= 0.6 is 11.6 Å². The molecule has 1 aliphatic heterocycles. The van der Waals surface area contributed by atoms with Crippen LogP contribution in [0.15, 0.2) is 48.5 Å². The van der Waals surface area contributed by atoms with Gasteiger partial charge in [0.2, 0.25) is 0 Å². The van der Waals surface area contributed by atoms with E-state index in [0.29, 0.717) is 23.0 Å². The highest BCUT2D eigenvalue weighted by atomic mass is 35.5. The zero-order valence-corrected chi connectivity index (χ0v) is 16.4. The molecule has 152 valence electrons. The number of ether oxygens (including phenoxy) is 1. The van der Waals surface area contributed by atoms with Crippen LogP contribution in [0.4, 0.5) is 4.39 Å². The van der Waals surface area contributed by atoms with E-state index in [1.807, 2.05) is 12.1 Å². The SMILES string of the molecule is O=C(O)C[C@H]1O[C@H](c2cccc(F)c2)[C@@H](c2ccc(Cl)cc2)N(CC2CC2)C1=O. The van der Waals surface area contributed by atoms with Crippen LogP contribution in [0.1, 0.15) is 42.5 Å². The molecule has 0 radical (unpaired) electrons. The molecule has 2 aromatic rings. The van der Waals surface area contributed by atoms with Crippen molar-refractivity contribution in [3.63, 3.8) is 0 Å². The lowest BCUT2D eigenvalue weighted by Crippen LogP contribution is -2.52. The highest BCUT2D eigenvalue weighted by molar-refractivity contribution is 6.30. The molecule has 0 spiro atoms. The number of carboxylic acid groups (broad SMARTS) is 1. The molecule has 1 aliphatic carbocycles. The van der Waals surface area contributed by atoms with Gasteiger partial charge in [-0.05, 0) is 54.2 Å². The molecule has 1 heterocycles. The summed E-state index contributed by atoms with van der Waals surface area (Å²) in [7, 11) is 0. The first-order valence-corrected chi connectivity index (χ1v) is 9.99. The third kappa shape index (κ3) is 4.43. The normalized spacial score (nSPS) is 24.6. The predicted molar refractivity (Wildman–Crippen MR) is 105 cm³/mol. The van der Waals surface area contributed by atoms with Gasteiger partial charge in [-0.3, -0.25) is 9.59 Å². The third-order valence-electron chi connectivity index (χ3n) is 5.39. The first-order valence-electron chi connectivity index (χ1n) is 9.61. The van der Waals surface area contributed by atoms with Crippen LogP contribution in [-0.2, 0) is 14.3 Å². The minimum absolute atomic E-state index is 0.341. The Kier molecular flexibility index (Phi) is 5.56. The Labute approximate surface area is 173 Å². The van der Waals surface area contributed by atoms with Crippen molar-refractivity contribution in [2.24, 2.45) is 5.92 Å². The van der Waals surface area contributed by atoms with Gasteiger partial charge < -0.3 is 14.7 Å². The highest BCUT2D eigenvalue weighted by Gasteiger charge is 2.46. The van der Waals surface area contributed by atoms with E-state index in [0.717, 1.165) is 18.4 Å². The van der Waals surface area contributed by atoms with Crippen molar-refractivity contribution in [2.75, 3.05) is 6.54 Å². The van der Waals surface area contributed by atoms with E-state index in [1.165, 1.54) is 12.1 Å². The monoisotopic (exact) mass is 417 g/mol. The Hall–Kier alpha value is -2.44. The fourth-order valence-corrected chi connectivity index (χ4v) is 3.96. The zero-order chi connectivity index (χ0) is 20.5. The first-order chi connectivity index (χ1) is 13.9. The summed E-state index contributed by atoms with van der Waals surface area (Å²) in [6.45, 7) is 0.525. The minimum atomic E-state index is -1.11. The molecule has 1 amide bonds. The van der Waals surface area contributed by atoms with Crippen molar-refractivity contribution in [1.29, 1.82) is 0 Å². The summed E-state index contributed by atoms with van der Waals surface area (Å²) in [5, 5.41) is 9.82. The van der Waals surface area contributed by atoms with Gasteiger partial charge in [0.25, 0.3) is 5.91 Å². The van der Waals surface area contributed by atoms with E-state index < -0.39 is 36.5 Å². The average molecular weight is 418 g/mol. The first kappa shape index (κ1) is 19.9. The fraction of sp³-hybridized carbons (Fsp3) is 0.364. The number of morpholine rings is 1. The molecular formula is C22H21ClFNO4. The van der Waals surface area contributed by atoms with Crippen molar-refractivity contribution in [3.8, 4) is 0 Å². The number of benzene rings is 2. The molecule has 0 bridgehead atoms. The van der Waals surface area contributed by atoms with Gasteiger partial charge in [-0.2, -0.15) is 0 Å². The molecule has 2 aromatic carbocycles.